The van der Waals surface area contributed by atoms with Crippen LogP contribution in [0.1, 0.15) is 24.8 Å². The lowest BCUT2D eigenvalue weighted by Crippen LogP contribution is -2.45. The van der Waals surface area contributed by atoms with Gasteiger partial charge in [-0.25, -0.2) is 0 Å². The van der Waals surface area contributed by atoms with Gasteiger partial charge in [-0.2, -0.15) is 9.97 Å². The van der Waals surface area contributed by atoms with E-state index in [1.165, 1.54) is 24.8 Å². The molecule has 2 fully saturated rings. The minimum atomic E-state index is 0.848. The Hall–Kier alpha value is -2.34. The van der Waals surface area contributed by atoms with E-state index in [1.807, 2.05) is 0 Å². The first-order chi connectivity index (χ1) is 13.2. The first-order valence-corrected chi connectivity index (χ1v) is 10.1. The summed E-state index contributed by atoms with van der Waals surface area (Å²) in [4.78, 5) is 16.9. The molecule has 4 rings (SSSR count). The zero-order chi connectivity index (χ0) is 18.6. The van der Waals surface area contributed by atoms with Crippen LogP contribution in [0.4, 0.5) is 23.3 Å². The average Bonchev–Trinajstić information content (AvgIpc) is 2.71. The number of nitrogens with one attached hydrogen (secondary N) is 1. The molecule has 2 aromatic rings. The van der Waals surface area contributed by atoms with Gasteiger partial charge < -0.3 is 20.0 Å². The second-order valence-corrected chi connectivity index (χ2v) is 7.74. The Morgan fingerprint density at radius 3 is 2.22 bits per heavy atom. The van der Waals surface area contributed by atoms with Gasteiger partial charge in [-0.05, 0) is 45.4 Å². The van der Waals surface area contributed by atoms with Crippen LogP contribution in [0, 0.1) is 6.92 Å². The standard InChI is InChI=1S/C21H30N6/c1-17-6-8-18(9-7-17)22-19-16-20(26-10-4-3-5-11-26)24-21(23-19)27-14-12-25(2)13-15-27/h6-9,16H,3-5,10-15H2,1-2H3,(H,22,23,24). The van der Waals surface area contributed by atoms with Gasteiger partial charge in [0.05, 0.1) is 0 Å². The van der Waals surface area contributed by atoms with E-state index in [2.05, 4.69) is 64.3 Å². The van der Waals surface area contributed by atoms with Crippen molar-refractivity contribution in [3.63, 3.8) is 0 Å². The number of hydrogen-bond donors (Lipinski definition) is 1. The summed E-state index contributed by atoms with van der Waals surface area (Å²) in [5.74, 6) is 2.78. The van der Waals surface area contributed by atoms with Crippen molar-refractivity contribution in [2.24, 2.45) is 0 Å². The Morgan fingerprint density at radius 1 is 0.815 bits per heavy atom. The number of anilines is 4. The predicted molar refractivity (Wildman–Crippen MR) is 112 cm³/mol. The molecule has 6 heteroatoms. The van der Waals surface area contributed by atoms with Crippen molar-refractivity contribution in [2.75, 3.05) is 61.4 Å². The summed E-state index contributed by atoms with van der Waals surface area (Å²) in [6.07, 6.45) is 3.81. The monoisotopic (exact) mass is 366 g/mol. The number of aryl methyl sites for hydroxylation is 1. The lowest BCUT2D eigenvalue weighted by atomic mass is 10.1. The summed E-state index contributed by atoms with van der Waals surface area (Å²) in [6.45, 7) is 8.34. The molecule has 0 atom stereocenters. The van der Waals surface area contributed by atoms with Crippen molar-refractivity contribution < 1.29 is 0 Å². The normalized spacial score (nSPS) is 18.6. The molecule has 1 aromatic carbocycles. The van der Waals surface area contributed by atoms with Gasteiger partial charge in [0.2, 0.25) is 5.95 Å². The molecule has 0 spiro atoms. The number of rotatable bonds is 4. The van der Waals surface area contributed by atoms with Gasteiger partial charge in [0.15, 0.2) is 0 Å². The highest BCUT2D eigenvalue weighted by Gasteiger charge is 2.20. The maximum absolute atomic E-state index is 4.94. The van der Waals surface area contributed by atoms with Gasteiger partial charge in [0.25, 0.3) is 0 Å². The summed E-state index contributed by atoms with van der Waals surface area (Å²) in [6, 6.07) is 10.6. The van der Waals surface area contributed by atoms with E-state index < -0.39 is 0 Å². The van der Waals surface area contributed by atoms with Crippen LogP contribution in [0.3, 0.4) is 0 Å². The Labute approximate surface area is 162 Å². The molecule has 1 N–H and O–H groups in total. The second-order valence-electron chi connectivity index (χ2n) is 7.74. The number of nitrogens with zero attached hydrogens (tertiary/aromatic N) is 5. The number of piperidine rings is 1. The molecule has 0 amide bonds. The molecule has 2 saturated heterocycles. The molecule has 2 aliphatic rings. The van der Waals surface area contributed by atoms with Crippen molar-refractivity contribution in [3.8, 4) is 0 Å². The van der Waals surface area contributed by atoms with E-state index in [1.54, 1.807) is 0 Å². The van der Waals surface area contributed by atoms with E-state index in [0.717, 1.165) is 62.5 Å². The number of likely N-dealkylation sites (N-methyl/N-ethyl adjacent to an activating group) is 1. The highest BCUT2D eigenvalue weighted by molar-refractivity contribution is 5.62. The van der Waals surface area contributed by atoms with Crippen LogP contribution < -0.4 is 15.1 Å². The molecule has 0 saturated carbocycles. The molecule has 1 aromatic heterocycles. The fourth-order valence-corrected chi connectivity index (χ4v) is 3.70. The molecule has 3 heterocycles. The van der Waals surface area contributed by atoms with Crippen LogP contribution in [0.2, 0.25) is 0 Å². The third-order valence-corrected chi connectivity index (χ3v) is 5.49. The number of benzene rings is 1. The summed E-state index contributed by atoms with van der Waals surface area (Å²) >= 11 is 0. The van der Waals surface area contributed by atoms with Crippen LogP contribution in [0.5, 0.6) is 0 Å². The van der Waals surface area contributed by atoms with E-state index in [0.29, 0.717) is 0 Å². The first-order valence-electron chi connectivity index (χ1n) is 10.1. The third-order valence-electron chi connectivity index (χ3n) is 5.49. The predicted octanol–water partition coefficient (Wildman–Crippen LogP) is 3.27. The zero-order valence-corrected chi connectivity index (χ0v) is 16.5. The van der Waals surface area contributed by atoms with Crippen molar-refractivity contribution in [2.45, 2.75) is 26.2 Å². The topological polar surface area (TPSA) is 47.5 Å². The molecule has 0 aliphatic carbocycles. The van der Waals surface area contributed by atoms with Crippen molar-refractivity contribution in [3.05, 3.63) is 35.9 Å². The Balaban J connectivity index is 1.62. The fraction of sp³-hybridized carbons (Fsp3) is 0.524. The molecule has 144 valence electrons. The second kappa shape index (κ2) is 8.13. The van der Waals surface area contributed by atoms with E-state index in [4.69, 9.17) is 9.97 Å². The van der Waals surface area contributed by atoms with Gasteiger partial charge in [0, 0.05) is 51.0 Å². The Kier molecular flexibility index (Phi) is 5.43. The van der Waals surface area contributed by atoms with Gasteiger partial charge >= 0.3 is 0 Å². The first kappa shape index (κ1) is 18.0. The number of aromatic nitrogens is 2. The van der Waals surface area contributed by atoms with Crippen LogP contribution in [-0.2, 0) is 0 Å². The Morgan fingerprint density at radius 2 is 1.52 bits per heavy atom. The minimum absolute atomic E-state index is 0.848. The van der Waals surface area contributed by atoms with Crippen LogP contribution >= 0.6 is 0 Å². The van der Waals surface area contributed by atoms with E-state index in [-0.39, 0.29) is 0 Å². The SMILES string of the molecule is Cc1ccc(Nc2cc(N3CCCCC3)nc(N3CCN(C)CC3)n2)cc1. The highest BCUT2D eigenvalue weighted by Crippen LogP contribution is 2.26. The van der Waals surface area contributed by atoms with Crippen molar-refractivity contribution in [1.29, 1.82) is 0 Å². The summed E-state index contributed by atoms with van der Waals surface area (Å²) in [7, 11) is 2.17. The van der Waals surface area contributed by atoms with Crippen LogP contribution in [0.25, 0.3) is 0 Å². The highest BCUT2D eigenvalue weighted by atomic mass is 15.3. The summed E-state index contributed by atoms with van der Waals surface area (Å²) in [5, 5.41) is 3.48. The largest absolute Gasteiger partial charge is 0.356 e. The summed E-state index contributed by atoms with van der Waals surface area (Å²) < 4.78 is 0. The molecule has 27 heavy (non-hydrogen) atoms. The Bertz CT molecular complexity index is 746. The average molecular weight is 367 g/mol. The van der Waals surface area contributed by atoms with Gasteiger partial charge in [-0.3, -0.25) is 0 Å². The molecule has 6 nitrogen and oxygen atoms in total. The quantitative estimate of drug-likeness (QED) is 0.896. The number of hydrogen-bond acceptors (Lipinski definition) is 6. The molecule has 0 bridgehead atoms. The van der Waals surface area contributed by atoms with E-state index in [9.17, 15) is 0 Å². The van der Waals surface area contributed by atoms with Crippen LogP contribution in [-0.4, -0.2) is 61.2 Å². The smallest absolute Gasteiger partial charge is 0.229 e. The van der Waals surface area contributed by atoms with Crippen molar-refractivity contribution in [1.82, 2.24) is 14.9 Å². The fourth-order valence-electron chi connectivity index (χ4n) is 3.70. The molecule has 0 unspecified atom stereocenters. The molecular formula is C21H30N6. The van der Waals surface area contributed by atoms with E-state index >= 15 is 0 Å². The summed E-state index contributed by atoms with van der Waals surface area (Å²) in [5.41, 5.74) is 2.32. The molecular weight excluding hydrogens is 336 g/mol. The maximum Gasteiger partial charge on any atom is 0.229 e. The number of piperazine rings is 1. The zero-order valence-electron chi connectivity index (χ0n) is 16.5. The molecule has 0 radical (unpaired) electrons. The maximum atomic E-state index is 4.94. The van der Waals surface area contributed by atoms with Gasteiger partial charge in [-0.1, -0.05) is 17.7 Å². The lowest BCUT2D eigenvalue weighted by Gasteiger charge is -2.34. The lowest BCUT2D eigenvalue weighted by molar-refractivity contribution is 0.311. The van der Waals surface area contributed by atoms with Crippen molar-refractivity contribution >= 4 is 23.3 Å². The van der Waals surface area contributed by atoms with Crippen LogP contribution in [0.15, 0.2) is 30.3 Å². The minimum Gasteiger partial charge on any atom is -0.356 e. The third kappa shape index (κ3) is 4.50. The van der Waals surface area contributed by atoms with Gasteiger partial charge in [0.1, 0.15) is 11.6 Å². The van der Waals surface area contributed by atoms with Gasteiger partial charge in [-0.15, -0.1) is 0 Å². The molecule has 2 aliphatic heterocycles.